The van der Waals surface area contributed by atoms with Crippen LogP contribution in [0.2, 0.25) is 0 Å². The van der Waals surface area contributed by atoms with Gasteiger partial charge in [0.25, 0.3) is 0 Å². The van der Waals surface area contributed by atoms with Crippen molar-refractivity contribution in [3.63, 3.8) is 0 Å². The van der Waals surface area contributed by atoms with Gasteiger partial charge in [-0.15, -0.1) is 0 Å². The third kappa shape index (κ3) is 2.53. The fourth-order valence-corrected chi connectivity index (χ4v) is 4.33. The second-order valence-corrected chi connectivity index (χ2v) is 8.08. The molecule has 0 radical (unpaired) electrons. The predicted molar refractivity (Wildman–Crippen MR) is 87.3 cm³/mol. The molecule has 0 aliphatic heterocycles. The minimum Gasteiger partial charge on any atom is -0.466 e. The van der Waals surface area contributed by atoms with Crippen molar-refractivity contribution in [2.45, 2.75) is 60.8 Å². The number of carbonyl (C=O) groups excluding carboxylic acids is 2. The summed E-state index contributed by atoms with van der Waals surface area (Å²) in [4.78, 5) is 25.1. The van der Waals surface area contributed by atoms with Crippen LogP contribution in [0.3, 0.4) is 0 Å². The molecule has 2 fully saturated rings. The van der Waals surface area contributed by atoms with Crippen molar-refractivity contribution in [3.8, 4) is 0 Å². The maximum atomic E-state index is 12.9. The molecule has 0 saturated heterocycles. The number of hydrogen-bond acceptors (Lipinski definition) is 3. The minimum atomic E-state index is -0.294. The number of fused-ring (bicyclic) bond motifs is 2. The summed E-state index contributed by atoms with van der Waals surface area (Å²) in [7, 11) is 0. The Morgan fingerprint density at radius 2 is 2.00 bits per heavy atom. The molecule has 0 amide bonds. The molecular weight excluding hydrogens is 276 g/mol. The summed E-state index contributed by atoms with van der Waals surface area (Å²) in [5, 5.41) is 0. The Morgan fingerprint density at radius 3 is 2.45 bits per heavy atom. The summed E-state index contributed by atoms with van der Waals surface area (Å²) in [6.45, 7) is 12.9. The van der Waals surface area contributed by atoms with E-state index < -0.39 is 0 Å². The number of esters is 1. The van der Waals surface area contributed by atoms with Crippen molar-refractivity contribution in [2.24, 2.45) is 28.6 Å². The number of ether oxygens (including phenoxy) is 1. The van der Waals surface area contributed by atoms with Crippen LogP contribution in [-0.4, -0.2) is 18.4 Å². The van der Waals surface area contributed by atoms with Crippen LogP contribution in [-0.2, 0) is 14.3 Å². The second-order valence-electron chi connectivity index (χ2n) is 8.08. The Kier molecular flexibility index (Phi) is 4.56. The van der Waals surface area contributed by atoms with Crippen LogP contribution < -0.4 is 0 Å². The first-order valence-electron chi connectivity index (χ1n) is 8.58. The summed E-state index contributed by atoms with van der Waals surface area (Å²) in [5.41, 5.74) is 0.616. The van der Waals surface area contributed by atoms with Crippen LogP contribution in [0.1, 0.15) is 60.8 Å². The Balaban J connectivity index is 2.33. The van der Waals surface area contributed by atoms with E-state index in [2.05, 4.69) is 34.6 Å². The van der Waals surface area contributed by atoms with Gasteiger partial charge in [0.2, 0.25) is 0 Å². The molecule has 124 valence electrons. The standard InChI is InChI=1S/C19H30O3/c1-7-22-17(21)13(10-12(2)3)11-14-15-8-9-19(6,16(14)20)18(15,4)5/h11-13,15H,7-10H2,1-6H3. The van der Waals surface area contributed by atoms with E-state index >= 15 is 0 Å². The molecule has 0 heterocycles. The van der Waals surface area contributed by atoms with E-state index in [0.717, 1.165) is 24.8 Å². The van der Waals surface area contributed by atoms with E-state index in [0.29, 0.717) is 12.5 Å². The van der Waals surface area contributed by atoms with E-state index in [4.69, 9.17) is 4.74 Å². The highest BCUT2D eigenvalue weighted by Gasteiger charge is 2.63. The van der Waals surface area contributed by atoms with E-state index in [-0.39, 0.29) is 34.4 Å². The number of allylic oxidation sites excluding steroid dienone is 1. The molecule has 0 spiro atoms. The van der Waals surface area contributed by atoms with E-state index in [9.17, 15) is 9.59 Å². The number of rotatable bonds is 5. The molecule has 0 aromatic heterocycles. The van der Waals surface area contributed by atoms with Gasteiger partial charge in [-0.3, -0.25) is 9.59 Å². The molecule has 2 bridgehead atoms. The Hall–Kier alpha value is -1.12. The first-order chi connectivity index (χ1) is 10.1. The molecule has 0 N–H and O–H groups in total. The first kappa shape index (κ1) is 17.2. The van der Waals surface area contributed by atoms with Gasteiger partial charge in [0, 0.05) is 5.41 Å². The Labute approximate surface area is 134 Å². The molecule has 2 rings (SSSR count). The highest BCUT2D eigenvalue weighted by molar-refractivity contribution is 6.05. The Bertz CT molecular complexity index is 501. The van der Waals surface area contributed by atoms with Crippen LogP contribution >= 0.6 is 0 Å². The summed E-state index contributed by atoms with van der Waals surface area (Å²) in [6.07, 6.45) is 4.70. The lowest BCUT2D eigenvalue weighted by Gasteiger charge is -2.31. The van der Waals surface area contributed by atoms with Gasteiger partial charge in [0.05, 0.1) is 12.5 Å². The molecule has 2 aliphatic carbocycles. The fraction of sp³-hybridized carbons (Fsp3) is 0.789. The van der Waals surface area contributed by atoms with Crippen molar-refractivity contribution in [1.29, 1.82) is 0 Å². The van der Waals surface area contributed by atoms with Crippen LogP contribution in [0.15, 0.2) is 11.6 Å². The quantitative estimate of drug-likeness (QED) is 0.566. The second kappa shape index (κ2) is 5.82. The molecular formula is C19H30O3. The average Bonchev–Trinajstić information content (AvgIpc) is 2.72. The molecule has 3 nitrogen and oxygen atoms in total. The zero-order chi connectivity index (χ0) is 16.7. The predicted octanol–water partition coefficient (Wildman–Crippen LogP) is 4.16. The number of hydrogen-bond donors (Lipinski definition) is 0. The zero-order valence-electron chi connectivity index (χ0n) is 14.9. The third-order valence-corrected chi connectivity index (χ3v) is 6.06. The lowest BCUT2D eigenvalue weighted by molar-refractivity contribution is -0.146. The zero-order valence-corrected chi connectivity index (χ0v) is 14.9. The van der Waals surface area contributed by atoms with Gasteiger partial charge in [-0.1, -0.05) is 40.7 Å². The smallest absolute Gasteiger partial charge is 0.312 e. The summed E-state index contributed by atoms with van der Waals surface area (Å²) >= 11 is 0. The lowest BCUT2D eigenvalue weighted by Crippen LogP contribution is -2.32. The summed E-state index contributed by atoms with van der Waals surface area (Å²) in [5.74, 6) is 0.448. The molecule has 3 heteroatoms. The normalized spacial score (nSPS) is 32.8. The molecule has 0 aromatic rings. The maximum Gasteiger partial charge on any atom is 0.312 e. The van der Waals surface area contributed by atoms with Gasteiger partial charge < -0.3 is 4.74 Å². The van der Waals surface area contributed by atoms with Gasteiger partial charge in [0.1, 0.15) is 0 Å². The monoisotopic (exact) mass is 306 g/mol. The van der Waals surface area contributed by atoms with Gasteiger partial charge in [-0.05, 0) is 49.0 Å². The SMILES string of the molecule is CCOC(=O)C(C=C1C(=O)C2(C)CCC1C2(C)C)CC(C)C. The molecule has 3 atom stereocenters. The fourth-order valence-electron chi connectivity index (χ4n) is 4.33. The molecule has 22 heavy (non-hydrogen) atoms. The largest absolute Gasteiger partial charge is 0.466 e. The minimum absolute atomic E-state index is 0.00699. The van der Waals surface area contributed by atoms with Crippen LogP contribution in [0.5, 0.6) is 0 Å². The number of ketones is 1. The molecule has 0 aromatic carbocycles. The number of carbonyl (C=O) groups is 2. The van der Waals surface area contributed by atoms with Crippen LogP contribution in [0.4, 0.5) is 0 Å². The van der Waals surface area contributed by atoms with Crippen molar-refractivity contribution >= 4 is 11.8 Å². The van der Waals surface area contributed by atoms with Gasteiger partial charge >= 0.3 is 5.97 Å². The van der Waals surface area contributed by atoms with E-state index in [1.165, 1.54) is 0 Å². The van der Waals surface area contributed by atoms with Gasteiger partial charge in [-0.25, -0.2) is 0 Å². The van der Waals surface area contributed by atoms with Crippen LogP contribution in [0, 0.1) is 28.6 Å². The molecule has 2 aliphatic rings. The highest BCUT2D eigenvalue weighted by Crippen LogP contribution is 2.65. The van der Waals surface area contributed by atoms with Gasteiger partial charge in [-0.2, -0.15) is 0 Å². The van der Waals surface area contributed by atoms with Crippen molar-refractivity contribution < 1.29 is 14.3 Å². The Morgan fingerprint density at radius 1 is 1.36 bits per heavy atom. The highest BCUT2D eigenvalue weighted by atomic mass is 16.5. The summed E-state index contributed by atoms with van der Waals surface area (Å²) in [6, 6.07) is 0. The average molecular weight is 306 g/mol. The van der Waals surface area contributed by atoms with E-state index in [1.54, 1.807) is 0 Å². The third-order valence-electron chi connectivity index (χ3n) is 6.06. The van der Waals surface area contributed by atoms with Crippen molar-refractivity contribution in [2.75, 3.05) is 6.61 Å². The first-order valence-corrected chi connectivity index (χ1v) is 8.58. The lowest BCUT2D eigenvalue weighted by atomic mass is 9.70. The van der Waals surface area contributed by atoms with Gasteiger partial charge in [0.15, 0.2) is 5.78 Å². The summed E-state index contributed by atoms with van der Waals surface area (Å²) < 4.78 is 5.21. The maximum absolute atomic E-state index is 12.9. The van der Waals surface area contributed by atoms with Crippen molar-refractivity contribution in [1.82, 2.24) is 0 Å². The topological polar surface area (TPSA) is 43.4 Å². The van der Waals surface area contributed by atoms with E-state index in [1.807, 2.05) is 13.0 Å². The molecule has 3 unspecified atom stereocenters. The van der Waals surface area contributed by atoms with Crippen molar-refractivity contribution in [3.05, 3.63) is 11.6 Å². The molecule has 2 saturated carbocycles. The van der Waals surface area contributed by atoms with Crippen LogP contribution in [0.25, 0.3) is 0 Å². The number of Topliss-reactive ketones (excluding diaryl/α,β-unsaturated/α-hetero) is 1.